The molecule has 0 aliphatic heterocycles. The van der Waals surface area contributed by atoms with Gasteiger partial charge in [0.2, 0.25) is 0 Å². The van der Waals surface area contributed by atoms with Gasteiger partial charge in [0.1, 0.15) is 12.4 Å². The SMILES string of the molecule is N#CC(=Cc1cc(Br)c(OCc2ccc(Cl)c(Cl)c2)c(Br)c1)c1ccccc1Cl. The normalized spacial score (nSPS) is 11.2. The summed E-state index contributed by atoms with van der Waals surface area (Å²) < 4.78 is 7.43. The highest BCUT2D eigenvalue weighted by molar-refractivity contribution is 9.11. The molecule has 146 valence electrons. The van der Waals surface area contributed by atoms with Crippen molar-refractivity contribution in [1.29, 1.82) is 5.26 Å². The lowest BCUT2D eigenvalue weighted by Gasteiger charge is -2.12. The molecule has 29 heavy (non-hydrogen) atoms. The van der Waals surface area contributed by atoms with E-state index in [-0.39, 0.29) is 0 Å². The maximum Gasteiger partial charge on any atom is 0.148 e. The van der Waals surface area contributed by atoms with E-state index in [0.717, 1.165) is 20.1 Å². The van der Waals surface area contributed by atoms with E-state index in [1.54, 1.807) is 24.3 Å². The van der Waals surface area contributed by atoms with Crippen LogP contribution in [-0.4, -0.2) is 0 Å². The number of nitrogens with zero attached hydrogens (tertiary/aromatic N) is 1. The molecule has 3 aromatic rings. The summed E-state index contributed by atoms with van der Waals surface area (Å²) in [4.78, 5) is 0. The topological polar surface area (TPSA) is 33.0 Å². The fourth-order valence-corrected chi connectivity index (χ4v) is 4.61. The van der Waals surface area contributed by atoms with Gasteiger partial charge in [-0.1, -0.05) is 59.1 Å². The van der Waals surface area contributed by atoms with E-state index in [4.69, 9.17) is 39.5 Å². The van der Waals surface area contributed by atoms with E-state index in [1.165, 1.54) is 0 Å². The van der Waals surface area contributed by atoms with Crippen LogP contribution in [0.25, 0.3) is 11.6 Å². The highest BCUT2D eigenvalue weighted by Crippen LogP contribution is 2.37. The quantitative estimate of drug-likeness (QED) is 0.226. The molecule has 0 N–H and O–H groups in total. The number of benzene rings is 3. The highest BCUT2D eigenvalue weighted by atomic mass is 79.9. The van der Waals surface area contributed by atoms with Gasteiger partial charge >= 0.3 is 0 Å². The number of hydrogen-bond acceptors (Lipinski definition) is 2. The number of hydrogen-bond donors (Lipinski definition) is 0. The van der Waals surface area contributed by atoms with Crippen LogP contribution in [0.3, 0.4) is 0 Å². The lowest BCUT2D eigenvalue weighted by molar-refractivity contribution is 0.302. The summed E-state index contributed by atoms with van der Waals surface area (Å²) in [6, 6.07) is 18.6. The van der Waals surface area contributed by atoms with E-state index in [2.05, 4.69) is 37.9 Å². The van der Waals surface area contributed by atoms with Crippen molar-refractivity contribution in [2.75, 3.05) is 0 Å². The Labute approximate surface area is 200 Å². The van der Waals surface area contributed by atoms with Crippen molar-refractivity contribution >= 4 is 78.3 Å². The summed E-state index contributed by atoms with van der Waals surface area (Å²) in [7, 11) is 0. The number of rotatable bonds is 5. The van der Waals surface area contributed by atoms with Gasteiger partial charge in [0.05, 0.1) is 30.6 Å². The van der Waals surface area contributed by atoms with Crippen molar-refractivity contribution < 1.29 is 4.74 Å². The molecule has 0 saturated heterocycles. The fraction of sp³-hybridized carbons (Fsp3) is 0.0455. The monoisotopic (exact) mass is 569 g/mol. The molecular formula is C22H12Br2Cl3NO. The van der Waals surface area contributed by atoms with Gasteiger partial charge in [0.25, 0.3) is 0 Å². The Hall–Kier alpha value is -1.48. The summed E-state index contributed by atoms with van der Waals surface area (Å²) in [5, 5.41) is 11.1. The van der Waals surface area contributed by atoms with Crippen molar-refractivity contribution in [2.24, 2.45) is 0 Å². The van der Waals surface area contributed by atoms with Crippen LogP contribution < -0.4 is 4.74 Å². The Bertz CT molecular complexity index is 1120. The second-order valence-corrected chi connectivity index (χ2v) is 8.93. The van der Waals surface area contributed by atoms with E-state index in [1.807, 2.05) is 36.4 Å². The lowest BCUT2D eigenvalue weighted by atomic mass is 10.0. The van der Waals surface area contributed by atoms with Crippen LogP contribution >= 0.6 is 66.7 Å². The zero-order valence-corrected chi connectivity index (χ0v) is 20.2. The maximum atomic E-state index is 9.57. The Morgan fingerprint density at radius 2 is 1.62 bits per heavy atom. The number of allylic oxidation sites excluding steroid dienone is 1. The molecule has 0 aliphatic carbocycles. The minimum atomic E-state index is 0.326. The van der Waals surface area contributed by atoms with Gasteiger partial charge in [-0.3, -0.25) is 0 Å². The number of ether oxygens (including phenoxy) is 1. The molecule has 0 unspecified atom stereocenters. The van der Waals surface area contributed by atoms with Crippen LogP contribution in [0.5, 0.6) is 5.75 Å². The average Bonchev–Trinajstić information content (AvgIpc) is 2.69. The molecule has 3 rings (SSSR count). The maximum absolute atomic E-state index is 9.57. The molecule has 0 bridgehead atoms. The second-order valence-electron chi connectivity index (χ2n) is 6.00. The molecular weight excluding hydrogens is 560 g/mol. The minimum absolute atomic E-state index is 0.326. The first-order chi connectivity index (χ1) is 13.9. The van der Waals surface area contributed by atoms with Crippen molar-refractivity contribution in [2.45, 2.75) is 6.61 Å². The predicted octanol–water partition coefficient (Wildman–Crippen LogP) is 8.81. The van der Waals surface area contributed by atoms with Crippen LogP contribution in [-0.2, 0) is 6.61 Å². The molecule has 0 amide bonds. The average molecular weight is 573 g/mol. The molecule has 0 fully saturated rings. The first kappa shape index (κ1) is 22.2. The summed E-state index contributed by atoms with van der Waals surface area (Å²) in [6.07, 6.45) is 1.78. The van der Waals surface area contributed by atoms with Crippen LogP contribution in [0.15, 0.2) is 63.5 Å². The van der Waals surface area contributed by atoms with Gasteiger partial charge in [0.15, 0.2) is 0 Å². The van der Waals surface area contributed by atoms with E-state index in [9.17, 15) is 5.26 Å². The largest absolute Gasteiger partial charge is 0.487 e. The summed E-state index contributed by atoms with van der Waals surface area (Å²) in [5.74, 6) is 0.643. The molecule has 0 saturated carbocycles. The molecule has 0 radical (unpaired) electrons. The third-order valence-electron chi connectivity index (χ3n) is 3.98. The molecule has 0 heterocycles. The van der Waals surface area contributed by atoms with E-state index >= 15 is 0 Å². The molecule has 7 heteroatoms. The van der Waals surface area contributed by atoms with Crippen molar-refractivity contribution in [3.05, 3.63) is 95.3 Å². The van der Waals surface area contributed by atoms with Gasteiger partial charge in [-0.25, -0.2) is 0 Å². The third-order valence-corrected chi connectivity index (χ3v) is 6.23. The Morgan fingerprint density at radius 1 is 0.931 bits per heavy atom. The van der Waals surface area contributed by atoms with Crippen molar-refractivity contribution in [1.82, 2.24) is 0 Å². The first-order valence-electron chi connectivity index (χ1n) is 8.31. The Kier molecular flexibility index (Phi) is 7.67. The summed E-state index contributed by atoms with van der Waals surface area (Å²) in [6.45, 7) is 0.326. The van der Waals surface area contributed by atoms with Crippen molar-refractivity contribution in [3.63, 3.8) is 0 Å². The van der Waals surface area contributed by atoms with Crippen LogP contribution in [0.1, 0.15) is 16.7 Å². The van der Waals surface area contributed by atoms with Crippen LogP contribution in [0, 0.1) is 11.3 Å². The smallest absolute Gasteiger partial charge is 0.148 e. The standard InChI is InChI=1S/C22H12Br2Cl3NO/c23-17-8-14(7-15(11-28)16-3-1-2-4-19(16)25)9-18(24)22(17)29-12-13-5-6-20(26)21(27)10-13/h1-10H,12H2. The summed E-state index contributed by atoms with van der Waals surface area (Å²) >= 11 is 25.3. The number of halogens is 5. The zero-order chi connectivity index (χ0) is 21.0. The fourth-order valence-electron chi connectivity index (χ4n) is 2.60. The van der Waals surface area contributed by atoms with Crippen molar-refractivity contribution in [3.8, 4) is 11.8 Å². The molecule has 0 spiro atoms. The zero-order valence-electron chi connectivity index (χ0n) is 14.7. The second kappa shape index (κ2) is 10.0. The molecule has 2 nitrogen and oxygen atoms in total. The van der Waals surface area contributed by atoms with Gasteiger partial charge < -0.3 is 4.74 Å². The van der Waals surface area contributed by atoms with Gasteiger partial charge in [-0.15, -0.1) is 0 Å². The lowest BCUT2D eigenvalue weighted by Crippen LogP contribution is -1.97. The van der Waals surface area contributed by atoms with Crippen LogP contribution in [0.4, 0.5) is 0 Å². The Balaban J connectivity index is 1.86. The van der Waals surface area contributed by atoms with Crippen LogP contribution in [0.2, 0.25) is 15.1 Å². The highest BCUT2D eigenvalue weighted by Gasteiger charge is 2.11. The third kappa shape index (κ3) is 5.57. The van der Waals surface area contributed by atoms with E-state index in [0.29, 0.717) is 38.6 Å². The predicted molar refractivity (Wildman–Crippen MR) is 128 cm³/mol. The van der Waals surface area contributed by atoms with Gasteiger partial charge in [-0.05, 0) is 79.4 Å². The molecule has 0 aliphatic rings. The molecule has 0 aromatic heterocycles. The summed E-state index contributed by atoms with van der Waals surface area (Å²) in [5.41, 5.74) is 2.87. The number of nitriles is 1. The van der Waals surface area contributed by atoms with Gasteiger partial charge in [-0.2, -0.15) is 5.26 Å². The first-order valence-corrected chi connectivity index (χ1v) is 11.0. The molecule has 0 atom stereocenters. The molecule has 3 aromatic carbocycles. The van der Waals surface area contributed by atoms with Gasteiger partial charge in [0, 0.05) is 10.6 Å². The minimum Gasteiger partial charge on any atom is -0.487 e. The van der Waals surface area contributed by atoms with E-state index < -0.39 is 0 Å². The Morgan fingerprint density at radius 3 is 2.24 bits per heavy atom.